The van der Waals surface area contributed by atoms with Crippen molar-refractivity contribution in [2.75, 3.05) is 13.6 Å². The highest BCUT2D eigenvalue weighted by molar-refractivity contribution is 9.10. The van der Waals surface area contributed by atoms with Crippen LogP contribution in [-0.2, 0) is 0 Å². The third kappa shape index (κ3) is 4.59. The smallest absolute Gasteiger partial charge is 0.0470 e. The molecule has 3 heteroatoms. The van der Waals surface area contributed by atoms with Gasteiger partial charge in [-0.25, -0.2) is 0 Å². The van der Waals surface area contributed by atoms with Gasteiger partial charge in [0.1, 0.15) is 0 Å². The van der Waals surface area contributed by atoms with Crippen molar-refractivity contribution in [2.24, 2.45) is 11.7 Å². The van der Waals surface area contributed by atoms with Crippen LogP contribution < -0.4 is 5.73 Å². The number of rotatable bonds is 6. The van der Waals surface area contributed by atoms with Gasteiger partial charge in [-0.1, -0.05) is 41.9 Å². The van der Waals surface area contributed by atoms with Crippen molar-refractivity contribution in [3.05, 3.63) is 33.8 Å². The maximum absolute atomic E-state index is 6.01. The molecule has 0 heterocycles. The minimum atomic E-state index is 0.292. The lowest BCUT2D eigenvalue weighted by Gasteiger charge is -2.34. The Labute approximate surface area is 126 Å². The van der Waals surface area contributed by atoms with Crippen LogP contribution in [0.4, 0.5) is 0 Å². The number of halogens is 1. The largest absolute Gasteiger partial charge is 0.329 e. The fourth-order valence-corrected chi connectivity index (χ4v) is 2.81. The van der Waals surface area contributed by atoms with E-state index in [9.17, 15) is 0 Å². The summed E-state index contributed by atoms with van der Waals surface area (Å²) in [4.78, 5) is 2.41. The molecular formula is C16H27BrN2. The van der Waals surface area contributed by atoms with E-state index in [0.717, 1.165) is 4.47 Å². The van der Waals surface area contributed by atoms with Crippen molar-refractivity contribution in [2.45, 2.75) is 46.2 Å². The molecule has 1 aromatic rings. The van der Waals surface area contributed by atoms with Crippen LogP contribution in [0.2, 0.25) is 0 Å². The van der Waals surface area contributed by atoms with Crippen molar-refractivity contribution >= 4 is 15.9 Å². The molecule has 0 amide bonds. The third-order valence-corrected chi connectivity index (χ3v) is 4.68. The second kappa shape index (κ2) is 7.41. The molecule has 0 saturated heterocycles. The number of aryl methyl sites for hydroxylation is 1. The predicted octanol–water partition coefficient (Wildman–Crippen LogP) is 4.12. The van der Waals surface area contributed by atoms with E-state index < -0.39 is 0 Å². The van der Waals surface area contributed by atoms with Gasteiger partial charge in [-0.05, 0) is 50.4 Å². The summed E-state index contributed by atoms with van der Waals surface area (Å²) in [5.41, 5.74) is 8.58. The molecule has 1 aromatic carbocycles. The highest BCUT2D eigenvalue weighted by Crippen LogP contribution is 2.26. The van der Waals surface area contributed by atoms with E-state index in [1.54, 1.807) is 0 Å². The Bertz CT molecular complexity index is 404. The van der Waals surface area contributed by atoms with E-state index in [2.05, 4.69) is 73.8 Å². The molecule has 2 nitrogen and oxygen atoms in total. The first-order chi connectivity index (χ1) is 8.86. The molecule has 2 N–H and O–H groups in total. The van der Waals surface area contributed by atoms with Gasteiger partial charge in [-0.15, -0.1) is 0 Å². The zero-order valence-corrected chi connectivity index (χ0v) is 14.4. The van der Waals surface area contributed by atoms with Gasteiger partial charge in [-0.2, -0.15) is 0 Å². The normalized spacial score (nSPS) is 15.0. The van der Waals surface area contributed by atoms with Crippen molar-refractivity contribution in [3.8, 4) is 0 Å². The van der Waals surface area contributed by atoms with E-state index in [-0.39, 0.29) is 0 Å². The molecule has 0 radical (unpaired) electrons. The van der Waals surface area contributed by atoms with E-state index in [1.165, 1.54) is 17.5 Å². The molecule has 0 aromatic heterocycles. The molecule has 0 aliphatic heterocycles. The van der Waals surface area contributed by atoms with Crippen molar-refractivity contribution < 1.29 is 0 Å². The summed E-state index contributed by atoms with van der Waals surface area (Å²) >= 11 is 3.55. The molecule has 0 spiro atoms. The summed E-state index contributed by atoms with van der Waals surface area (Å²) in [5.74, 6) is 0.711. The first-order valence-electron chi connectivity index (χ1n) is 7.04. The Kier molecular flexibility index (Phi) is 6.51. The molecule has 1 rings (SSSR count). The minimum Gasteiger partial charge on any atom is -0.329 e. The summed E-state index contributed by atoms with van der Waals surface area (Å²) in [6, 6.07) is 7.36. The Morgan fingerprint density at radius 1 is 1.26 bits per heavy atom. The predicted molar refractivity (Wildman–Crippen MR) is 87.4 cm³/mol. The average molecular weight is 327 g/mol. The first-order valence-corrected chi connectivity index (χ1v) is 7.84. The van der Waals surface area contributed by atoms with Crippen LogP contribution in [0.25, 0.3) is 0 Å². The molecular weight excluding hydrogens is 300 g/mol. The molecule has 0 fully saturated rings. The third-order valence-electron chi connectivity index (χ3n) is 3.79. The van der Waals surface area contributed by atoms with Gasteiger partial charge in [0.05, 0.1) is 0 Å². The van der Waals surface area contributed by atoms with Crippen molar-refractivity contribution in [3.63, 3.8) is 0 Å². The van der Waals surface area contributed by atoms with Crippen LogP contribution in [0.15, 0.2) is 22.7 Å². The monoisotopic (exact) mass is 326 g/mol. The first kappa shape index (κ1) is 16.7. The maximum Gasteiger partial charge on any atom is 0.0470 e. The van der Waals surface area contributed by atoms with Gasteiger partial charge in [0.15, 0.2) is 0 Å². The number of hydrogen-bond acceptors (Lipinski definition) is 2. The van der Waals surface area contributed by atoms with Gasteiger partial charge in [-0.3, -0.25) is 4.90 Å². The zero-order valence-electron chi connectivity index (χ0n) is 12.8. The molecule has 0 saturated carbocycles. The second-order valence-corrected chi connectivity index (χ2v) is 6.76. The van der Waals surface area contributed by atoms with E-state index in [0.29, 0.717) is 24.5 Å². The fraction of sp³-hybridized carbons (Fsp3) is 0.625. The molecule has 0 aliphatic carbocycles. The fourth-order valence-electron chi connectivity index (χ4n) is 2.57. The van der Waals surface area contributed by atoms with Gasteiger partial charge in [0.2, 0.25) is 0 Å². The zero-order chi connectivity index (χ0) is 14.6. The van der Waals surface area contributed by atoms with Crippen LogP contribution in [0.5, 0.6) is 0 Å². The molecule has 0 bridgehead atoms. The SMILES string of the molecule is Cc1cc(C(CN)N(C)C(C)CC(C)C)ccc1Br. The van der Waals surface area contributed by atoms with Crippen LogP contribution in [-0.4, -0.2) is 24.5 Å². The maximum atomic E-state index is 6.01. The Morgan fingerprint density at radius 2 is 1.89 bits per heavy atom. The van der Waals surface area contributed by atoms with E-state index in [4.69, 9.17) is 5.73 Å². The molecule has 2 atom stereocenters. The van der Waals surface area contributed by atoms with Gasteiger partial charge in [0, 0.05) is 23.1 Å². The number of hydrogen-bond donors (Lipinski definition) is 1. The Balaban J connectivity index is 2.89. The number of nitrogens with two attached hydrogens (primary N) is 1. The van der Waals surface area contributed by atoms with Crippen LogP contribution in [0.3, 0.4) is 0 Å². The summed E-state index contributed by atoms with van der Waals surface area (Å²) in [6.45, 7) is 9.60. The number of nitrogens with zero attached hydrogens (tertiary/aromatic N) is 1. The van der Waals surface area contributed by atoms with Crippen LogP contribution in [0.1, 0.15) is 44.4 Å². The van der Waals surface area contributed by atoms with E-state index in [1.807, 2.05) is 0 Å². The highest BCUT2D eigenvalue weighted by Gasteiger charge is 2.21. The van der Waals surface area contributed by atoms with Gasteiger partial charge in [0.25, 0.3) is 0 Å². The lowest BCUT2D eigenvalue weighted by molar-refractivity contribution is 0.168. The van der Waals surface area contributed by atoms with Crippen LogP contribution in [0, 0.1) is 12.8 Å². The topological polar surface area (TPSA) is 29.3 Å². The minimum absolute atomic E-state index is 0.292. The highest BCUT2D eigenvalue weighted by atomic mass is 79.9. The lowest BCUT2D eigenvalue weighted by atomic mass is 9.98. The van der Waals surface area contributed by atoms with Crippen molar-refractivity contribution in [1.82, 2.24) is 4.90 Å². The van der Waals surface area contributed by atoms with Gasteiger partial charge < -0.3 is 5.73 Å². The second-order valence-electron chi connectivity index (χ2n) is 5.90. The summed E-state index contributed by atoms with van der Waals surface area (Å²) in [6.07, 6.45) is 1.20. The Morgan fingerprint density at radius 3 is 2.37 bits per heavy atom. The van der Waals surface area contributed by atoms with Gasteiger partial charge >= 0.3 is 0 Å². The number of likely N-dealkylation sites (N-methyl/N-ethyl adjacent to an activating group) is 1. The van der Waals surface area contributed by atoms with Crippen molar-refractivity contribution in [1.29, 1.82) is 0 Å². The molecule has 19 heavy (non-hydrogen) atoms. The van der Waals surface area contributed by atoms with Crippen LogP contribution >= 0.6 is 15.9 Å². The molecule has 108 valence electrons. The molecule has 0 aliphatic rings. The standard InChI is InChI=1S/C16H27BrN2/c1-11(2)8-13(4)19(5)16(10-18)14-6-7-15(17)12(3)9-14/h6-7,9,11,13,16H,8,10,18H2,1-5H3. The quantitative estimate of drug-likeness (QED) is 0.851. The lowest BCUT2D eigenvalue weighted by Crippen LogP contribution is -2.37. The number of benzene rings is 1. The van der Waals surface area contributed by atoms with E-state index >= 15 is 0 Å². The summed E-state index contributed by atoms with van der Waals surface area (Å²) in [7, 11) is 2.18. The average Bonchev–Trinajstić information content (AvgIpc) is 2.33. The summed E-state index contributed by atoms with van der Waals surface area (Å²) in [5, 5.41) is 0. The Hall–Kier alpha value is -0.380. The summed E-state index contributed by atoms with van der Waals surface area (Å²) < 4.78 is 1.16. The molecule has 2 unspecified atom stereocenters.